The average Bonchev–Trinajstić information content (AvgIpc) is 3.28. The Morgan fingerprint density at radius 1 is 1.09 bits per heavy atom. The van der Waals surface area contributed by atoms with Gasteiger partial charge in [0.15, 0.2) is 0 Å². The first kappa shape index (κ1) is 21.6. The van der Waals surface area contributed by atoms with Gasteiger partial charge in [0.25, 0.3) is 5.91 Å². The number of hydrogen-bond donors (Lipinski definition) is 4. The van der Waals surface area contributed by atoms with Crippen molar-refractivity contribution in [3.63, 3.8) is 0 Å². The Hall–Kier alpha value is -3.65. The number of imide groups is 1. The third-order valence-electron chi connectivity index (χ3n) is 5.69. The van der Waals surface area contributed by atoms with Crippen molar-refractivity contribution in [2.24, 2.45) is 5.73 Å². The molecule has 0 radical (unpaired) electrons. The van der Waals surface area contributed by atoms with Crippen LogP contribution in [0.25, 0.3) is 10.9 Å². The number of aromatic nitrogens is 1. The summed E-state index contributed by atoms with van der Waals surface area (Å²) in [7, 11) is 0. The zero-order valence-electron chi connectivity index (χ0n) is 18.0. The second-order valence-corrected chi connectivity index (χ2v) is 8.06. The van der Waals surface area contributed by atoms with E-state index in [1.54, 1.807) is 0 Å². The molecule has 0 aliphatic carbocycles. The molecule has 166 valence electrons. The van der Waals surface area contributed by atoms with Gasteiger partial charge in [-0.3, -0.25) is 14.5 Å². The molecule has 8 nitrogen and oxygen atoms in total. The van der Waals surface area contributed by atoms with Crippen LogP contribution in [0.5, 0.6) is 0 Å². The van der Waals surface area contributed by atoms with Gasteiger partial charge < -0.3 is 21.4 Å². The van der Waals surface area contributed by atoms with E-state index >= 15 is 0 Å². The minimum atomic E-state index is -0.570. The highest BCUT2D eigenvalue weighted by Gasteiger charge is 2.37. The fraction of sp³-hybridized carbons (Fsp3) is 0.292. The maximum Gasteiger partial charge on any atom is 0.324 e. The van der Waals surface area contributed by atoms with E-state index in [0.717, 1.165) is 34.0 Å². The van der Waals surface area contributed by atoms with Gasteiger partial charge in [-0.05, 0) is 60.3 Å². The first-order valence-corrected chi connectivity index (χ1v) is 10.7. The number of aromatic amines is 1. The maximum absolute atomic E-state index is 12.9. The van der Waals surface area contributed by atoms with E-state index in [4.69, 9.17) is 5.73 Å². The second kappa shape index (κ2) is 9.23. The normalized spacial score (nSPS) is 15.9. The summed E-state index contributed by atoms with van der Waals surface area (Å²) in [5.41, 5.74) is 10.6. The Morgan fingerprint density at radius 2 is 1.84 bits per heavy atom. The van der Waals surface area contributed by atoms with Crippen molar-refractivity contribution in [1.82, 2.24) is 15.2 Å². The standard InChI is InChI=1S/C24H27N5O3/c1-15(30)27-19-5-2-16(3-6-19)9-11-29-23(31)22(28-24(29)32)13-17-4-7-21-20(12-17)18(8-10-25)14-26-21/h2-7,12,14,22,26H,8-11,13,25H2,1H3,(H,27,30)(H,28,32). The van der Waals surface area contributed by atoms with Gasteiger partial charge in [0.2, 0.25) is 5.91 Å². The van der Waals surface area contributed by atoms with E-state index < -0.39 is 6.04 Å². The monoisotopic (exact) mass is 433 g/mol. The van der Waals surface area contributed by atoms with Crippen LogP contribution in [0.15, 0.2) is 48.7 Å². The molecule has 1 unspecified atom stereocenters. The molecule has 0 bridgehead atoms. The smallest absolute Gasteiger partial charge is 0.324 e. The average molecular weight is 434 g/mol. The quantitative estimate of drug-likeness (QED) is 0.408. The second-order valence-electron chi connectivity index (χ2n) is 8.06. The molecule has 32 heavy (non-hydrogen) atoms. The number of carbonyl (C=O) groups is 3. The molecule has 5 N–H and O–H groups in total. The van der Waals surface area contributed by atoms with E-state index in [9.17, 15) is 14.4 Å². The lowest BCUT2D eigenvalue weighted by Crippen LogP contribution is -2.33. The number of H-pyrrole nitrogens is 1. The van der Waals surface area contributed by atoms with E-state index in [-0.39, 0.29) is 17.8 Å². The summed E-state index contributed by atoms with van der Waals surface area (Å²) >= 11 is 0. The zero-order chi connectivity index (χ0) is 22.7. The highest BCUT2D eigenvalue weighted by molar-refractivity contribution is 6.04. The molecule has 1 aliphatic heterocycles. The summed E-state index contributed by atoms with van der Waals surface area (Å²) in [4.78, 5) is 40.9. The molecule has 3 aromatic rings. The number of nitrogens with two attached hydrogens (primary N) is 1. The molecule has 0 saturated carbocycles. The van der Waals surface area contributed by atoms with E-state index in [1.165, 1.54) is 11.8 Å². The Morgan fingerprint density at radius 3 is 2.56 bits per heavy atom. The molecule has 1 saturated heterocycles. The maximum atomic E-state index is 12.9. The Bertz CT molecular complexity index is 1150. The van der Waals surface area contributed by atoms with Crippen LogP contribution in [0.4, 0.5) is 10.5 Å². The van der Waals surface area contributed by atoms with Gasteiger partial charge in [0.1, 0.15) is 6.04 Å². The van der Waals surface area contributed by atoms with Gasteiger partial charge >= 0.3 is 6.03 Å². The van der Waals surface area contributed by atoms with Gasteiger partial charge in [-0.2, -0.15) is 0 Å². The van der Waals surface area contributed by atoms with E-state index in [0.29, 0.717) is 31.6 Å². The van der Waals surface area contributed by atoms with Crippen molar-refractivity contribution in [3.8, 4) is 0 Å². The SMILES string of the molecule is CC(=O)Nc1ccc(CCN2C(=O)NC(Cc3ccc4[nH]cc(CCN)c4c3)C2=O)cc1. The largest absolute Gasteiger partial charge is 0.361 e. The molecule has 2 aromatic carbocycles. The Labute approximate surface area is 186 Å². The van der Waals surface area contributed by atoms with Crippen molar-refractivity contribution < 1.29 is 14.4 Å². The number of benzene rings is 2. The molecule has 1 fully saturated rings. The summed E-state index contributed by atoms with van der Waals surface area (Å²) in [6, 6.07) is 12.5. The molecule has 1 aliphatic rings. The van der Waals surface area contributed by atoms with E-state index in [2.05, 4.69) is 21.7 Å². The number of fused-ring (bicyclic) bond motifs is 1. The topological polar surface area (TPSA) is 120 Å². The van der Waals surface area contributed by atoms with Gasteiger partial charge in [-0.1, -0.05) is 18.2 Å². The van der Waals surface area contributed by atoms with Crippen LogP contribution >= 0.6 is 0 Å². The van der Waals surface area contributed by atoms with Crippen molar-refractivity contribution in [3.05, 3.63) is 65.4 Å². The lowest BCUT2D eigenvalue weighted by Gasteiger charge is -2.13. The van der Waals surface area contributed by atoms with Crippen LogP contribution in [0, 0.1) is 0 Å². The number of rotatable bonds is 8. The zero-order valence-corrected chi connectivity index (χ0v) is 18.0. The number of amides is 4. The van der Waals surface area contributed by atoms with Crippen molar-refractivity contribution in [2.75, 3.05) is 18.4 Å². The summed E-state index contributed by atoms with van der Waals surface area (Å²) < 4.78 is 0. The molecule has 8 heteroatoms. The minimum Gasteiger partial charge on any atom is -0.361 e. The third kappa shape index (κ3) is 4.65. The van der Waals surface area contributed by atoms with Crippen LogP contribution in [0.3, 0.4) is 0 Å². The Kier molecular flexibility index (Phi) is 6.23. The first-order valence-electron chi connectivity index (χ1n) is 10.7. The van der Waals surface area contributed by atoms with Gasteiger partial charge in [0.05, 0.1) is 0 Å². The number of nitrogens with zero attached hydrogens (tertiary/aromatic N) is 1. The highest BCUT2D eigenvalue weighted by atomic mass is 16.2. The van der Waals surface area contributed by atoms with Gasteiger partial charge in [-0.25, -0.2) is 4.79 Å². The van der Waals surface area contributed by atoms with Crippen LogP contribution in [0.1, 0.15) is 23.6 Å². The molecule has 2 heterocycles. The number of anilines is 1. The number of urea groups is 1. The van der Waals surface area contributed by atoms with Crippen LogP contribution < -0.4 is 16.4 Å². The lowest BCUT2D eigenvalue weighted by atomic mass is 10.0. The van der Waals surface area contributed by atoms with Gasteiger partial charge in [0, 0.05) is 42.7 Å². The predicted molar refractivity (Wildman–Crippen MR) is 123 cm³/mol. The molecule has 1 atom stereocenters. The third-order valence-corrected chi connectivity index (χ3v) is 5.69. The molecular formula is C24H27N5O3. The first-order chi connectivity index (χ1) is 15.4. The molecular weight excluding hydrogens is 406 g/mol. The fourth-order valence-corrected chi connectivity index (χ4v) is 4.08. The summed E-state index contributed by atoms with van der Waals surface area (Å²) in [6.07, 6.45) is 3.73. The number of carbonyl (C=O) groups excluding carboxylic acids is 3. The van der Waals surface area contributed by atoms with Crippen molar-refractivity contribution in [2.45, 2.75) is 32.2 Å². The minimum absolute atomic E-state index is 0.130. The predicted octanol–water partition coefficient (Wildman–Crippen LogP) is 2.33. The Balaban J connectivity index is 1.39. The summed E-state index contributed by atoms with van der Waals surface area (Å²) in [5, 5.41) is 6.63. The number of hydrogen-bond acceptors (Lipinski definition) is 4. The molecule has 0 spiro atoms. The van der Waals surface area contributed by atoms with Crippen LogP contribution in [0.2, 0.25) is 0 Å². The van der Waals surface area contributed by atoms with Crippen LogP contribution in [-0.2, 0) is 28.9 Å². The highest BCUT2D eigenvalue weighted by Crippen LogP contribution is 2.22. The fourth-order valence-electron chi connectivity index (χ4n) is 4.08. The van der Waals surface area contributed by atoms with Gasteiger partial charge in [-0.15, -0.1) is 0 Å². The number of nitrogens with one attached hydrogen (secondary N) is 3. The summed E-state index contributed by atoms with van der Waals surface area (Å²) in [6.45, 7) is 2.33. The van der Waals surface area contributed by atoms with Crippen molar-refractivity contribution >= 4 is 34.4 Å². The van der Waals surface area contributed by atoms with Crippen LogP contribution in [-0.4, -0.2) is 46.9 Å². The molecule has 1 aromatic heterocycles. The van der Waals surface area contributed by atoms with E-state index in [1.807, 2.05) is 42.6 Å². The van der Waals surface area contributed by atoms with Crippen molar-refractivity contribution in [1.29, 1.82) is 0 Å². The summed E-state index contributed by atoms with van der Waals surface area (Å²) in [5.74, 6) is -0.337. The lowest BCUT2D eigenvalue weighted by molar-refractivity contribution is -0.127. The molecule has 4 rings (SSSR count). The molecule has 4 amide bonds.